The van der Waals surface area contributed by atoms with Crippen LogP contribution in [0.5, 0.6) is 0 Å². The molecular formula is C17H23N3OS2. The molecule has 0 aliphatic rings. The predicted octanol–water partition coefficient (Wildman–Crippen LogP) is 4.62. The van der Waals surface area contributed by atoms with Gasteiger partial charge >= 0.3 is 0 Å². The molecule has 124 valence electrons. The minimum atomic E-state index is -0.0186. The van der Waals surface area contributed by atoms with Gasteiger partial charge < -0.3 is 0 Å². The van der Waals surface area contributed by atoms with Crippen LogP contribution < -0.4 is 5.32 Å². The topological polar surface area (TPSA) is 54.9 Å². The Balaban J connectivity index is 1.78. The molecule has 0 fully saturated rings. The fraction of sp³-hybridized carbons (Fsp3) is 0.471. The number of rotatable bonds is 8. The summed E-state index contributed by atoms with van der Waals surface area (Å²) in [7, 11) is 0. The minimum absolute atomic E-state index is 0.0186. The summed E-state index contributed by atoms with van der Waals surface area (Å²) >= 11 is 3.10. The SMILES string of the molecule is CCC(CC)c1nnc(NC(=O)CSCc2cccc(C)c2)s1. The van der Waals surface area contributed by atoms with Crippen molar-refractivity contribution in [2.75, 3.05) is 11.1 Å². The molecule has 0 unspecified atom stereocenters. The van der Waals surface area contributed by atoms with Gasteiger partial charge in [0, 0.05) is 11.7 Å². The van der Waals surface area contributed by atoms with Gasteiger partial charge in [-0.05, 0) is 25.3 Å². The maximum absolute atomic E-state index is 12.0. The van der Waals surface area contributed by atoms with Gasteiger partial charge in [-0.15, -0.1) is 22.0 Å². The first-order valence-corrected chi connectivity index (χ1v) is 9.86. The average Bonchev–Trinajstić information content (AvgIpc) is 2.97. The van der Waals surface area contributed by atoms with E-state index in [9.17, 15) is 4.79 Å². The van der Waals surface area contributed by atoms with Gasteiger partial charge in [-0.1, -0.05) is 55.0 Å². The van der Waals surface area contributed by atoms with Crippen LogP contribution >= 0.6 is 23.1 Å². The molecule has 0 aliphatic carbocycles. The summed E-state index contributed by atoms with van der Waals surface area (Å²) in [6.45, 7) is 6.37. The normalized spacial score (nSPS) is 11.0. The van der Waals surface area contributed by atoms with E-state index in [1.165, 1.54) is 22.5 Å². The minimum Gasteiger partial charge on any atom is -0.300 e. The zero-order valence-corrected chi connectivity index (χ0v) is 15.5. The van der Waals surface area contributed by atoms with E-state index >= 15 is 0 Å². The molecule has 0 bridgehead atoms. The molecule has 0 aliphatic heterocycles. The van der Waals surface area contributed by atoms with Gasteiger partial charge in [0.15, 0.2) is 0 Å². The number of anilines is 1. The number of nitrogens with one attached hydrogen (secondary N) is 1. The smallest absolute Gasteiger partial charge is 0.236 e. The summed E-state index contributed by atoms with van der Waals surface area (Å²) in [5.41, 5.74) is 2.49. The van der Waals surface area contributed by atoms with E-state index in [1.807, 2.05) is 6.07 Å². The maximum Gasteiger partial charge on any atom is 0.236 e. The van der Waals surface area contributed by atoms with Gasteiger partial charge in [-0.3, -0.25) is 10.1 Å². The summed E-state index contributed by atoms with van der Waals surface area (Å²) in [5.74, 6) is 1.68. The van der Waals surface area contributed by atoms with Crippen LogP contribution in [-0.4, -0.2) is 21.9 Å². The van der Waals surface area contributed by atoms with Crippen LogP contribution in [0.1, 0.15) is 48.7 Å². The second-order valence-electron chi connectivity index (χ2n) is 5.49. The molecule has 0 atom stereocenters. The zero-order valence-electron chi connectivity index (χ0n) is 13.8. The van der Waals surface area contributed by atoms with Crippen molar-refractivity contribution in [1.82, 2.24) is 10.2 Å². The fourth-order valence-corrected chi connectivity index (χ4v) is 4.11. The van der Waals surface area contributed by atoms with Crippen LogP contribution in [0.25, 0.3) is 0 Å². The molecule has 4 nitrogen and oxygen atoms in total. The number of nitrogens with zero attached hydrogens (tertiary/aromatic N) is 2. The highest BCUT2D eigenvalue weighted by Gasteiger charge is 2.14. The molecule has 0 saturated heterocycles. The molecular weight excluding hydrogens is 326 g/mol. The highest BCUT2D eigenvalue weighted by Crippen LogP contribution is 2.28. The van der Waals surface area contributed by atoms with Crippen LogP contribution in [0.2, 0.25) is 0 Å². The average molecular weight is 350 g/mol. The summed E-state index contributed by atoms with van der Waals surface area (Å²) < 4.78 is 0. The summed E-state index contributed by atoms with van der Waals surface area (Å²) in [5, 5.41) is 12.7. The molecule has 1 heterocycles. The van der Waals surface area contributed by atoms with Crippen molar-refractivity contribution in [3.63, 3.8) is 0 Å². The van der Waals surface area contributed by atoms with Gasteiger partial charge in [0.05, 0.1) is 5.75 Å². The van der Waals surface area contributed by atoms with Crippen LogP contribution in [0.15, 0.2) is 24.3 Å². The number of thioether (sulfide) groups is 1. The van der Waals surface area contributed by atoms with E-state index in [-0.39, 0.29) is 5.91 Å². The molecule has 1 N–H and O–H groups in total. The van der Waals surface area contributed by atoms with Crippen LogP contribution in [0, 0.1) is 6.92 Å². The van der Waals surface area contributed by atoms with E-state index in [1.54, 1.807) is 11.8 Å². The predicted molar refractivity (Wildman–Crippen MR) is 99.2 cm³/mol. The first kappa shape index (κ1) is 17.9. The van der Waals surface area contributed by atoms with Gasteiger partial charge in [0.25, 0.3) is 0 Å². The van der Waals surface area contributed by atoms with Crippen LogP contribution in [0.3, 0.4) is 0 Å². The second-order valence-corrected chi connectivity index (χ2v) is 7.48. The number of benzene rings is 1. The van der Waals surface area contributed by atoms with E-state index in [0.29, 0.717) is 16.8 Å². The molecule has 2 rings (SSSR count). The number of carbonyl (C=O) groups excluding carboxylic acids is 1. The molecule has 0 saturated carbocycles. The van der Waals surface area contributed by atoms with Crippen LogP contribution in [0.4, 0.5) is 5.13 Å². The fourth-order valence-electron chi connectivity index (χ4n) is 2.31. The lowest BCUT2D eigenvalue weighted by Crippen LogP contribution is -2.14. The van der Waals surface area contributed by atoms with Gasteiger partial charge in [0.1, 0.15) is 5.01 Å². The summed E-state index contributed by atoms with van der Waals surface area (Å²) in [4.78, 5) is 12.0. The third kappa shape index (κ3) is 5.62. The monoisotopic (exact) mass is 349 g/mol. The van der Waals surface area contributed by atoms with Crippen molar-refractivity contribution >= 4 is 34.1 Å². The molecule has 0 radical (unpaired) electrons. The highest BCUT2D eigenvalue weighted by molar-refractivity contribution is 7.99. The third-order valence-corrected chi connectivity index (χ3v) is 5.61. The number of aryl methyl sites for hydroxylation is 1. The standard InChI is InChI=1S/C17H23N3OS2/c1-4-14(5-2)16-19-20-17(23-16)18-15(21)11-22-10-13-8-6-7-12(3)9-13/h6-9,14H,4-5,10-11H2,1-3H3,(H,18,20,21). The molecule has 6 heteroatoms. The van der Waals surface area contributed by atoms with Crippen molar-refractivity contribution in [2.24, 2.45) is 0 Å². The van der Waals surface area contributed by atoms with Crippen molar-refractivity contribution in [3.8, 4) is 0 Å². The number of amides is 1. The lowest BCUT2D eigenvalue weighted by atomic mass is 10.1. The first-order valence-electron chi connectivity index (χ1n) is 7.88. The Bertz CT molecular complexity index is 638. The maximum atomic E-state index is 12.0. The Morgan fingerprint density at radius 3 is 2.78 bits per heavy atom. The summed E-state index contributed by atoms with van der Waals surface area (Å²) in [6, 6.07) is 8.36. The van der Waals surface area contributed by atoms with Gasteiger partial charge in [0.2, 0.25) is 11.0 Å². The molecule has 23 heavy (non-hydrogen) atoms. The lowest BCUT2D eigenvalue weighted by molar-refractivity contribution is -0.113. The number of aromatic nitrogens is 2. The van der Waals surface area contributed by atoms with Crippen LogP contribution in [-0.2, 0) is 10.5 Å². The number of hydrogen-bond donors (Lipinski definition) is 1. The van der Waals surface area contributed by atoms with E-state index < -0.39 is 0 Å². The number of hydrogen-bond acceptors (Lipinski definition) is 5. The van der Waals surface area contributed by atoms with Gasteiger partial charge in [-0.2, -0.15) is 0 Å². The lowest BCUT2D eigenvalue weighted by Gasteiger charge is -2.06. The Kier molecular flexibility index (Phi) is 7.05. The molecule has 0 spiro atoms. The van der Waals surface area contributed by atoms with E-state index in [0.717, 1.165) is 23.6 Å². The molecule has 1 aromatic carbocycles. The van der Waals surface area contributed by atoms with Crippen molar-refractivity contribution in [3.05, 3.63) is 40.4 Å². The quantitative estimate of drug-likeness (QED) is 0.755. The molecule has 1 amide bonds. The largest absolute Gasteiger partial charge is 0.300 e. The van der Waals surface area contributed by atoms with E-state index in [4.69, 9.17) is 0 Å². The Morgan fingerprint density at radius 1 is 1.30 bits per heavy atom. The van der Waals surface area contributed by atoms with Crippen molar-refractivity contribution < 1.29 is 4.79 Å². The van der Waals surface area contributed by atoms with E-state index in [2.05, 4.69) is 54.5 Å². The molecule has 2 aromatic rings. The van der Waals surface area contributed by atoms with Crippen molar-refractivity contribution in [1.29, 1.82) is 0 Å². The third-order valence-electron chi connectivity index (χ3n) is 3.61. The highest BCUT2D eigenvalue weighted by atomic mass is 32.2. The summed E-state index contributed by atoms with van der Waals surface area (Å²) in [6.07, 6.45) is 2.09. The van der Waals surface area contributed by atoms with Crippen molar-refractivity contribution in [2.45, 2.75) is 45.3 Å². The Morgan fingerprint density at radius 2 is 2.09 bits per heavy atom. The Hall–Kier alpha value is -1.40. The Labute approximate surface area is 146 Å². The first-order chi connectivity index (χ1) is 11.1. The second kappa shape index (κ2) is 9.03. The number of carbonyl (C=O) groups is 1. The molecule has 1 aromatic heterocycles. The zero-order chi connectivity index (χ0) is 16.7. The van der Waals surface area contributed by atoms with Gasteiger partial charge in [-0.25, -0.2) is 0 Å².